The summed E-state index contributed by atoms with van der Waals surface area (Å²) in [6.07, 6.45) is 9.14. The Morgan fingerprint density at radius 1 is 1.06 bits per heavy atom. The monoisotopic (exact) mass is 715 g/mol. The first kappa shape index (κ1) is 37.4. The highest BCUT2D eigenvalue weighted by molar-refractivity contribution is 6.01. The van der Waals surface area contributed by atoms with E-state index in [0.717, 1.165) is 24.1 Å². The summed E-state index contributed by atoms with van der Waals surface area (Å²) in [5.41, 5.74) is 2.97. The molecule has 0 bridgehead atoms. The van der Waals surface area contributed by atoms with Crippen molar-refractivity contribution in [2.75, 3.05) is 63.0 Å². The van der Waals surface area contributed by atoms with E-state index in [1.165, 1.54) is 5.57 Å². The van der Waals surface area contributed by atoms with Crippen LogP contribution in [0.4, 0.5) is 16.2 Å². The minimum atomic E-state index is -0.662. The fourth-order valence-corrected chi connectivity index (χ4v) is 7.76. The molecule has 11 heteroatoms. The van der Waals surface area contributed by atoms with Crippen LogP contribution in [-0.2, 0) is 19.1 Å². The van der Waals surface area contributed by atoms with Gasteiger partial charge in [-0.1, -0.05) is 37.3 Å². The van der Waals surface area contributed by atoms with Crippen molar-refractivity contribution in [3.05, 3.63) is 66.3 Å². The van der Waals surface area contributed by atoms with Crippen LogP contribution in [0, 0.1) is 23.7 Å². The summed E-state index contributed by atoms with van der Waals surface area (Å²) < 4.78 is 22.4. The molecule has 4 atom stereocenters. The zero-order valence-corrected chi connectivity index (χ0v) is 31.1. The fourth-order valence-electron chi connectivity index (χ4n) is 7.76. The smallest absolute Gasteiger partial charge is 0.410 e. The molecule has 0 radical (unpaired) electrons. The number of fused-ring (bicyclic) bond motifs is 1. The minimum absolute atomic E-state index is 0.0169. The number of carbonyl (C=O) groups excluding carboxylic acids is 3. The number of nitrogens with zero attached hydrogens (tertiary/aromatic N) is 3. The molecular weight excluding hydrogens is 662 g/mol. The average Bonchev–Trinajstić information content (AvgIpc) is 3.96. The van der Waals surface area contributed by atoms with Gasteiger partial charge in [0.2, 0.25) is 5.91 Å². The van der Waals surface area contributed by atoms with Gasteiger partial charge in [-0.3, -0.25) is 9.59 Å². The van der Waals surface area contributed by atoms with Crippen molar-refractivity contribution in [1.82, 2.24) is 4.90 Å². The van der Waals surface area contributed by atoms with Crippen molar-refractivity contribution in [2.45, 2.75) is 65.0 Å². The van der Waals surface area contributed by atoms with E-state index in [2.05, 4.69) is 25.2 Å². The van der Waals surface area contributed by atoms with E-state index in [1.807, 2.05) is 68.1 Å². The lowest BCUT2D eigenvalue weighted by Gasteiger charge is -2.45. The number of methoxy groups -OCH3 is 1. The maximum absolute atomic E-state index is 15.1. The third-order valence-corrected chi connectivity index (χ3v) is 10.4. The summed E-state index contributed by atoms with van der Waals surface area (Å²) in [6, 6.07) is 13.6. The quantitative estimate of drug-likeness (QED) is 0.263. The van der Waals surface area contributed by atoms with Gasteiger partial charge in [-0.25, -0.2) is 4.79 Å². The van der Waals surface area contributed by atoms with Crippen LogP contribution >= 0.6 is 0 Å². The van der Waals surface area contributed by atoms with Crippen LogP contribution in [0.5, 0.6) is 11.5 Å². The molecule has 280 valence electrons. The molecule has 2 heterocycles. The first-order chi connectivity index (χ1) is 25.0. The Kier molecular flexibility index (Phi) is 11.6. The van der Waals surface area contributed by atoms with E-state index in [1.54, 1.807) is 16.9 Å². The topological polar surface area (TPSA) is 118 Å². The lowest BCUT2D eigenvalue weighted by molar-refractivity contribution is -0.127. The second-order valence-corrected chi connectivity index (χ2v) is 15.2. The number of benzene rings is 2. The van der Waals surface area contributed by atoms with Crippen LogP contribution < -0.4 is 19.3 Å². The highest BCUT2D eigenvalue weighted by Gasteiger charge is 2.47. The maximum atomic E-state index is 15.1. The number of amides is 3. The van der Waals surface area contributed by atoms with Crippen LogP contribution in [0.25, 0.3) is 5.57 Å². The number of aliphatic hydroxyl groups is 1. The molecule has 2 aromatic carbocycles. The minimum Gasteiger partial charge on any atom is -0.491 e. The highest BCUT2D eigenvalue weighted by Crippen LogP contribution is 2.46. The van der Waals surface area contributed by atoms with Gasteiger partial charge in [0.25, 0.3) is 5.91 Å². The van der Waals surface area contributed by atoms with Crippen LogP contribution in [0.15, 0.2) is 60.7 Å². The van der Waals surface area contributed by atoms with Crippen molar-refractivity contribution >= 4 is 34.9 Å². The number of piperidine rings is 1. The van der Waals surface area contributed by atoms with E-state index in [-0.39, 0.29) is 62.0 Å². The molecule has 2 unspecified atom stereocenters. The zero-order valence-electron chi connectivity index (χ0n) is 31.1. The largest absolute Gasteiger partial charge is 0.491 e. The molecule has 4 aliphatic rings. The predicted octanol–water partition coefficient (Wildman–Crippen LogP) is 6.09. The lowest BCUT2D eigenvalue weighted by Crippen LogP contribution is -2.54. The van der Waals surface area contributed by atoms with Crippen molar-refractivity contribution in [3.8, 4) is 11.5 Å². The first-order valence-electron chi connectivity index (χ1n) is 18.6. The van der Waals surface area contributed by atoms with Crippen LogP contribution in [0.3, 0.4) is 0 Å². The normalized spacial score (nSPS) is 23.0. The summed E-state index contributed by atoms with van der Waals surface area (Å²) in [5.74, 6) is 0.796. The highest BCUT2D eigenvalue weighted by atomic mass is 16.6. The summed E-state index contributed by atoms with van der Waals surface area (Å²) in [4.78, 5) is 46.9. The number of aliphatic hydroxyl groups excluding tert-OH is 1. The molecule has 1 saturated heterocycles. The van der Waals surface area contributed by atoms with E-state index in [9.17, 15) is 9.59 Å². The van der Waals surface area contributed by atoms with E-state index >= 15 is 4.79 Å². The second-order valence-electron chi connectivity index (χ2n) is 15.2. The third-order valence-electron chi connectivity index (χ3n) is 10.4. The molecule has 0 aromatic heterocycles. The van der Waals surface area contributed by atoms with Crippen molar-refractivity contribution in [2.24, 2.45) is 23.7 Å². The maximum Gasteiger partial charge on any atom is 0.410 e. The SMILES string of the molecule is COCCCN1C(=O)COc2ccc(N(C(=O)[C@H]3CN(C(=O)OC(C)(C)C)CC[C@@H]3C3C=CC=C(c4ccc(OCCO)cc4)C3C)C3CC3)cc21. The van der Waals surface area contributed by atoms with E-state index in [0.29, 0.717) is 49.7 Å². The predicted molar refractivity (Wildman–Crippen MR) is 199 cm³/mol. The molecule has 3 amide bonds. The van der Waals surface area contributed by atoms with Gasteiger partial charge < -0.3 is 38.8 Å². The van der Waals surface area contributed by atoms with E-state index < -0.39 is 17.6 Å². The number of carbonyl (C=O) groups is 3. The number of anilines is 2. The summed E-state index contributed by atoms with van der Waals surface area (Å²) >= 11 is 0. The van der Waals surface area contributed by atoms with Crippen LogP contribution in [-0.4, -0.2) is 92.7 Å². The van der Waals surface area contributed by atoms with E-state index in [4.69, 9.17) is 24.1 Å². The molecule has 2 aromatic rings. The number of allylic oxidation sites excluding steroid dienone is 4. The number of rotatable bonds is 12. The summed E-state index contributed by atoms with van der Waals surface area (Å²) in [5, 5.41) is 9.15. The van der Waals surface area contributed by atoms with Crippen LogP contribution in [0.1, 0.15) is 58.9 Å². The summed E-state index contributed by atoms with van der Waals surface area (Å²) in [7, 11) is 1.64. The summed E-state index contributed by atoms with van der Waals surface area (Å²) in [6.45, 7) is 9.70. The first-order valence-corrected chi connectivity index (χ1v) is 18.6. The lowest BCUT2D eigenvalue weighted by atomic mass is 9.67. The number of ether oxygens (including phenoxy) is 4. The van der Waals surface area contributed by atoms with Crippen molar-refractivity contribution in [1.29, 1.82) is 0 Å². The molecule has 52 heavy (non-hydrogen) atoms. The zero-order chi connectivity index (χ0) is 37.0. The molecule has 2 fully saturated rings. The molecule has 1 N–H and O–H groups in total. The van der Waals surface area contributed by atoms with Gasteiger partial charge in [-0.2, -0.15) is 0 Å². The number of likely N-dealkylation sites (tertiary alicyclic amines) is 1. The van der Waals surface area contributed by atoms with Gasteiger partial charge in [0.15, 0.2) is 6.61 Å². The Balaban J connectivity index is 1.30. The Bertz CT molecular complexity index is 1660. The van der Waals surface area contributed by atoms with Gasteiger partial charge in [0, 0.05) is 45.1 Å². The molecule has 11 nitrogen and oxygen atoms in total. The fraction of sp³-hybridized carbons (Fsp3) is 0.537. The Hall–Kier alpha value is -4.35. The number of hydrogen-bond acceptors (Lipinski definition) is 8. The molecule has 2 aliphatic heterocycles. The molecular formula is C41H53N3O8. The standard InChI is InChI=1S/C41H53N3O8/c1-27-32(28-10-15-31(16-11-28)50-23-21-45)8-6-9-33(27)34-18-20-42(40(48)52-41(2,3)4)25-35(34)39(47)44(29-12-13-29)30-14-17-37-36(24-30)43(19-7-22-49-5)38(46)26-51-37/h6,8-11,14-17,24,27,29,33-35,45H,7,12-13,18-23,25-26H2,1-5H3/t27?,33?,34-,35+/m1/s1. The Labute approximate surface area is 307 Å². The molecule has 1 saturated carbocycles. The third kappa shape index (κ3) is 8.47. The van der Waals surface area contributed by atoms with Gasteiger partial charge in [-0.05, 0) is 106 Å². The Morgan fingerprint density at radius 3 is 2.52 bits per heavy atom. The molecule has 6 rings (SSSR count). The van der Waals surface area contributed by atoms with Crippen molar-refractivity contribution in [3.63, 3.8) is 0 Å². The number of hydrogen-bond donors (Lipinski definition) is 1. The van der Waals surface area contributed by atoms with Gasteiger partial charge >= 0.3 is 6.09 Å². The molecule has 0 spiro atoms. The molecule has 2 aliphatic carbocycles. The average molecular weight is 716 g/mol. The van der Waals surface area contributed by atoms with Gasteiger partial charge in [-0.15, -0.1) is 0 Å². The van der Waals surface area contributed by atoms with Gasteiger partial charge in [0.05, 0.1) is 18.2 Å². The van der Waals surface area contributed by atoms with Crippen molar-refractivity contribution < 1.29 is 38.4 Å². The Morgan fingerprint density at radius 2 is 1.83 bits per heavy atom. The van der Waals surface area contributed by atoms with Crippen LogP contribution in [0.2, 0.25) is 0 Å². The van der Waals surface area contributed by atoms with Gasteiger partial charge in [0.1, 0.15) is 23.7 Å². The second kappa shape index (κ2) is 16.1.